The number of piperazine rings is 1. The van der Waals surface area contributed by atoms with E-state index in [1.165, 1.54) is 16.0 Å². The Morgan fingerprint density at radius 3 is 2.48 bits per heavy atom. The van der Waals surface area contributed by atoms with Gasteiger partial charge in [-0.1, -0.05) is 30.3 Å². The maximum absolute atomic E-state index is 13.4. The second-order valence-corrected chi connectivity index (χ2v) is 8.80. The molecule has 1 saturated heterocycles. The van der Waals surface area contributed by atoms with Gasteiger partial charge in [-0.3, -0.25) is 19.5 Å². The molecule has 1 atom stereocenters. The number of carboxylic acid groups (broad SMARTS) is 1. The van der Waals surface area contributed by atoms with E-state index < -0.39 is 30.0 Å². The van der Waals surface area contributed by atoms with E-state index in [0.29, 0.717) is 22.6 Å². The molecule has 0 radical (unpaired) electrons. The molecule has 3 heterocycles. The molecule has 2 amide bonds. The smallest absolute Gasteiger partial charge is 0.481 e. The Labute approximate surface area is 229 Å². The first-order valence-corrected chi connectivity index (χ1v) is 12.7. The number of ether oxygens (including phenoxy) is 1. The van der Waals surface area contributed by atoms with Crippen LogP contribution in [0.15, 0.2) is 48.8 Å². The number of carbonyl (C=O) groups is 4. The summed E-state index contributed by atoms with van der Waals surface area (Å²) in [6.45, 7) is 2.69. The highest BCUT2D eigenvalue weighted by atomic mass is 16.8. The van der Waals surface area contributed by atoms with E-state index in [2.05, 4.69) is 25.5 Å². The van der Waals surface area contributed by atoms with Crippen LogP contribution in [0.1, 0.15) is 30.3 Å². The average Bonchev–Trinajstić information content (AvgIpc) is 3.51. The van der Waals surface area contributed by atoms with Crippen molar-refractivity contribution in [2.45, 2.75) is 25.8 Å². The van der Waals surface area contributed by atoms with Gasteiger partial charge in [0, 0.05) is 36.8 Å². The molecule has 1 aliphatic heterocycles. The molecule has 14 nitrogen and oxygen atoms in total. The Bertz CT molecular complexity index is 1330. The van der Waals surface area contributed by atoms with E-state index in [1.54, 1.807) is 31.5 Å². The van der Waals surface area contributed by atoms with E-state index in [9.17, 15) is 24.3 Å². The zero-order chi connectivity index (χ0) is 28.5. The third-order valence-electron chi connectivity index (χ3n) is 6.05. The number of hydroxylamine groups is 2. The molecular formula is C26H29N7O7. The molecule has 3 aromatic rings. The highest BCUT2D eigenvalue weighted by Gasteiger charge is 2.31. The van der Waals surface area contributed by atoms with Crippen LogP contribution >= 0.6 is 0 Å². The second kappa shape index (κ2) is 13.3. The number of aliphatic carboxylic acids is 1. The van der Waals surface area contributed by atoms with Gasteiger partial charge in [0.15, 0.2) is 5.82 Å². The summed E-state index contributed by atoms with van der Waals surface area (Å²) in [6, 6.07) is 9.47. The third kappa shape index (κ3) is 7.38. The number of benzene rings is 1. The third-order valence-corrected chi connectivity index (χ3v) is 6.05. The van der Waals surface area contributed by atoms with Gasteiger partial charge in [0.25, 0.3) is 5.91 Å². The van der Waals surface area contributed by atoms with Gasteiger partial charge in [0.05, 0.1) is 31.6 Å². The van der Waals surface area contributed by atoms with Crippen molar-refractivity contribution >= 4 is 23.9 Å². The van der Waals surface area contributed by atoms with Crippen molar-refractivity contribution in [3.8, 4) is 22.6 Å². The minimum atomic E-state index is -1.12. The fraction of sp³-hybridized carbons (Fsp3) is 0.346. The van der Waals surface area contributed by atoms with Gasteiger partial charge in [-0.15, -0.1) is 5.06 Å². The van der Waals surface area contributed by atoms with Crippen LogP contribution in [0.5, 0.6) is 0 Å². The van der Waals surface area contributed by atoms with E-state index in [0.717, 1.165) is 0 Å². The number of rotatable bonds is 10. The van der Waals surface area contributed by atoms with Crippen molar-refractivity contribution < 1.29 is 33.9 Å². The molecule has 210 valence electrons. The number of hydrogen-bond donors (Lipinski definition) is 3. The Balaban J connectivity index is 1.52. The first-order valence-electron chi connectivity index (χ1n) is 12.7. The fourth-order valence-corrected chi connectivity index (χ4v) is 4.05. The lowest BCUT2D eigenvalue weighted by Crippen LogP contribution is -2.55. The minimum Gasteiger partial charge on any atom is -0.481 e. The molecule has 4 rings (SSSR count). The Kier molecular flexibility index (Phi) is 9.35. The van der Waals surface area contributed by atoms with Crippen LogP contribution in [0, 0.1) is 0 Å². The van der Waals surface area contributed by atoms with Crippen LogP contribution in [0.4, 0.5) is 4.79 Å². The molecule has 0 aliphatic carbocycles. The summed E-state index contributed by atoms with van der Waals surface area (Å²) in [5.41, 5.74) is 1.77. The van der Waals surface area contributed by atoms with Gasteiger partial charge < -0.3 is 24.9 Å². The Morgan fingerprint density at radius 2 is 1.82 bits per heavy atom. The van der Waals surface area contributed by atoms with Gasteiger partial charge in [0.1, 0.15) is 11.7 Å². The topological polar surface area (TPSA) is 180 Å². The van der Waals surface area contributed by atoms with Crippen LogP contribution < -0.4 is 5.32 Å². The highest BCUT2D eigenvalue weighted by molar-refractivity contribution is 5.97. The van der Waals surface area contributed by atoms with E-state index in [4.69, 9.17) is 9.57 Å². The van der Waals surface area contributed by atoms with Gasteiger partial charge in [-0.2, -0.15) is 5.10 Å². The average molecular weight is 552 g/mol. The predicted octanol–water partition coefficient (Wildman–Crippen LogP) is 1.73. The summed E-state index contributed by atoms with van der Waals surface area (Å²) >= 11 is 0. The minimum absolute atomic E-state index is 0.00540. The maximum atomic E-state index is 13.4. The number of carboxylic acids is 1. The number of nitrogens with zero attached hydrogens (tertiary/aromatic N) is 5. The summed E-state index contributed by atoms with van der Waals surface area (Å²) in [6.07, 6.45) is 1.91. The summed E-state index contributed by atoms with van der Waals surface area (Å²) < 4.78 is 4.76. The van der Waals surface area contributed by atoms with Crippen molar-refractivity contribution in [2.24, 2.45) is 0 Å². The number of aromatic amines is 1. The molecule has 14 heteroatoms. The van der Waals surface area contributed by atoms with Crippen molar-refractivity contribution in [2.75, 3.05) is 32.8 Å². The van der Waals surface area contributed by atoms with E-state index >= 15 is 0 Å². The maximum Gasteiger partial charge on any atom is 0.527 e. The van der Waals surface area contributed by atoms with E-state index in [-0.39, 0.29) is 51.3 Å². The highest BCUT2D eigenvalue weighted by Crippen LogP contribution is 2.22. The molecule has 0 spiro atoms. The van der Waals surface area contributed by atoms with Crippen molar-refractivity contribution in [1.82, 2.24) is 35.4 Å². The molecular weight excluding hydrogens is 522 g/mol. The lowest BCUT2D eigenvalue weighted by molar-refractivity contribution is -0.157. The molecule has 0 bridgehead atoms. The molecule has 40 heavy (non-hydrogen) atoms. The molecule has 2 aromatic heterocycles. The first-order chi connectivity index (χ1) is 19.3. The quantitative estimate of drug-likeness (QED) is 0.312. The number of H-pyrrole nitrogens is 1. The molecule has 1 aliphatic rings. The number of amides is 2. The van der Waals surface area contributed by atoms with Crippen LogP contribution in [0.2, 0.25) is 0 Å². The number of nitrogens with one attached hydrogen (secondary N) is 2. The van der Waals surface area contributed by atoms with Gasteiger partial charge in [-0.25, -0.2) is 14.8 Å². The predicted molar refractivity (Wildman–Crippen MR) is 139 cm³/mol. The largest absolute Gasteiger partial charge is 0.527 e. The van der Waals surface area contributed by atoms with Gasteiger partial charge in [-0.05, 0) is 19.4 Å². The molecule has 0 saturated carbocycles. The fourth-order valence-electron chi connectivity index (χ4n) is 4.05. The summed E-state index contributed by atoms with van der Waals surface area (Å²) in [7, 11) is 0. The monoisotopic (exact) mass is 551 g/mol. The SMILES string of the molecule is CCOC(=O)ON1CCN(C(=O)[C@H](CCC(=O)O)NC(=O)c2cc(-c3cn[nH]c3)nc(-c3ccccc3)n2)CC1. The number of aromatic nitrogens is 4. The van der Waals surface area contributed by atoms with E-state index in [1.807, 2.05) is 18.2 Å². The molecule has 0 unspecified atom stereocenters. The Morgan fingerprint density at radius 1 is 1.07 bits per heavy atom. The van der Waals surface area contributed by atoms with Gasteiger partial charge >= 0.3 is 12.1 Å². The Hall–Kier alpha value is -4.85. The normalized spacial score (nSPS) is 14.3. The summed E-state index contributed by atoms with van der Waals surface area (Å²) in [5, 5.41) is 19.9. The standard InChI is InChI=1S/C26H29N7O7/c1-2-39-26(38)40-33-12-10-32(11-13-33)25(37)19(8-9-22(34)35)31-24(36)21-14-20(18-15-27-28-16-18)29-23(30-21)17-6-4-3-5-7-17/h3-7,14-16,19H,2,8-13H2,1H3,(H,27,28)(H,31,36)(H,34,35)/t19-/m0/s1. The number of hydrogen-bond acceptors (Lipinski definition) is 10. The molecule has 1 aromatic carbocycles. The van der Waals surface area contributed by atoms with Crippen molar-refractivity contribution in [3.05, 3.63) is 54.5 Å². The molecule has 1 fully saturated rings. The molecule has 3 N–H and O–H groups in total. The van der Waals surface area contributed by atoms with Crippen molar-refractivity contribution in [3.63, 3.8) is 0 Å². The summed E-state index contributed by atoms with van der Waals surface area (Å²) in [4.78, 5) is 65.2. The second-order valence-electron chi connectivity index (χ2n) is 8.80. The lowest BCUT2D eigenvalue weighted by atomic mass is 10.1. The van der Waals surface area contributed by atoms with Crippen molar-refractivity contribution in [1.29, 1.82) is 0 Å². The van der Waals surface area contributed by atoms with Crippen LogP contribution in [0.3, 0.4) is 0 Å². The first kappa shape index (κ1) is 28.2. The summed E-state index contributed by atoms with van der Waals surface area (Å²) in [5.74, 6) is -1.90. The van der Waals surface area contributed by atoms with Crippen LogP contribution in [-0.4, -0.2) is 98.0 Å². The van der Waals surface area contributed by atoms with Gasteiger partial charge in [0.2, 0.25) is 5.91 Å². The zero-order valence-corrected chi connectivity index (χ0v) is 21.8. The lowest BCUT2D eigenvalue weighted by Gasteiger charge is -2.35. The van der Waals surface area contributed by atoms with Crippen LogP contribution in [-0.2, 0) is 19.2 Å². The number of carbonyl (C=O) groups excluding carboxylic acids is 3. The zero-order valence-electron chi connectivity index (χ0n) is 21.8. The van der Waals surface area contributed by atoms with Crippen LogP contribution in [0.25, 0.3) is 22.6 Å².